The third-order valence-corrected chi connectivity index (χ3v) is 8.50. The molecule has 0 heterocycles. The first-order chi connectivity index (χ1) is 21.1. The van der Waals surface area contributed by atoms with E-state index in [2.05, 4.69) is 184 Å². The van der Waals surface area contributed by atoms with Crippen LogP contribution in [0, 0.1) is 40.5 Å². The highest BCUT2D eigenvalue weighted by atomic mass is 14.2. The molecule has 0 nitrogen and oxygen atoms in total. The normalized spacial score (nSPS) is 11.5. The lowest BCUT2D eigenvalue weighted by Crippen LogP contribution is -1.93. The van der Waals surface area contributed by atoms with E-state index in [1.807, 2.05) is 0 Å². The average Bonchev–Trinajstić information content (AvgIpc) is 3.02. The maximum absolute atomic E-state index is 2.37. The van der Waals surface area contributed by atoms with Gasteiger partial charge in [-0.3, -0.25) is 0 Å². The summed E-state index contributed by atoms with van der Waals surface area (Å²) >= 11 is 0. The van der Waals surface area contributed by atoms with Crippen LogP contribution in [0.2, 0.25) is 0 Å². The highest BCUT2D eigenvalue weighted by Crippen LogP contribution is 2.37. The summed E-state index contributed by atoms with van der Waals surface area (Å²) < 4.78 is 0. The van der Waals surface area contributed by atoms with Crippen molar-refractivity contribution in [3.05, 3.63) is 155 Å². The van der Waals surface area contributed by atoms with E-state index < -0.39 is 0 Å². The molecular formula is C44H48. The smallest absolute Gasteiger partial charge is 0.0146 e. The molecule has 0 bridgehead atoms. The Kier molecular flexibility index (Phi) is 11.0. The summed E-state index contributed by atoms with van der Waals surface area (Å²) in [5, 5.41) is 0. The van der Waals surface area contributed by atoms with Gasteiger partial charge in [-0.05, 0) is 139 Å². The van der Waals surface area contributed by atoms with Crippen molar-refractivity contribution in [2.75, 3.05) is 0 Å². The van der Waals surface area contributed by atoms with E-state index in [0.717, 1.165) is 0 Å². The van der Waals surface area contributed by atoms with Crippen molar-refractivity contribution in [1.82, 2.24) is 0 Å². The average molecular weight is 577 g/mol. The maximum Gasteiger partial charge on any atom is -0.0146 e. The highest BCUT2D eigenvalue weighted by Gasteiger charge is 2.13. The van der Waals surface area contributed by atoms with Crippen molar-refractivity contribution < 1.29 is 0 Å². The van der Waals surface area contributed by atoms with Gasteiger partial charge in [-0.25, -0.2) is 0 Å². The second kappa shape index (κ2) is 14.8. The minimum absolute atomic E-state index is 0.667. The Morgan fingerprint density at radius 2 is 0.909 bits per heavy atom. The first kappa shape index (κ1) is 32.5. The molecule has 0 aromatic heterocycles. The molecule has 44 heavy (non-hydrogen) atoms. The van der Waals surface area contributed by atoms with Crippen molar-refractivity contribution in [2.45, 2.75) is 62.3 Å². The lowest BCUT2D eigenvalue weighted by Gasteiger charge is -2.17. The van der Waals surface area contributed by atoms with Crippen LogP contribution < -0.4 is 0 Å². The summed E-state index contributed by atoms with van der Waals surface area (Å²) in [7, 11) is 0. The molecule has 0 fully saturated rings. The molecule has 0 amide bonds. The highest BCUT2D eigenvalue weighted by molar-refractivity contribution is 5.84. The van der Waals surface area contributed by atoms with Crippen molar-refractivity contribution in [1.29, 1.82) is 0 Å². The topological polar surface area (TPSA) is 0 Å². The van der Waals surface area contributed by atoms with Crippen molar-refractivity contribution in [3.8, 4) is 44.5 Å². The summed E-state index contributed by atoms with van der Waals surface area (Å²) in [6.45, 7) is 19.6. The first-order valence-corrected chi connectivity index (χ1v) is 15.9. The zero-order valence-corrected chi connectivity index (χ0v) is 28.1. The molecule has 224 valence electrons. The van der Waals surface area contributed by atoms with Crippen LogP contribution in [0.1, 0.15) is 55.5 Å². The fraction of sp³-hybridized carbons (Fsp3) is 0.227. The number of hydrogen-bond donors (Lipinski definition) is 0. The Bertz CT molecular complexity index is 1790. The summed E-state index contributed by atoms with van der Waals surface area (Å²) in [6, 6.07) is 37.7. The van der Waals surface area contributed by atoms with Gasteiger partial charge in [0.1, 0.15) is 0 Å². The number of allylic oxidation sites excluding steroid dienone is 4. The fourth-order valence-corrected chi connectivity index (χ4v) is 5.59. The summed E-state index contributed by atoms with van der Waals surface area (Å²) in [5.41, 5.74) is 18.2. The van der Waals surface area contributed by atoms with Gasteiger partial charge in [-0.15, -0.1) is 0 Å². The molecule has 0 aliphatic heterocycles. The van der Waals surface area contributed by atoms with Gasteiger partial charge in [0.05, 0.1) is 0 Å². The number of benzene rings is 5. The van der Waals surface area contributed by atoms with Crippen molar-refractivity contribution >= 4 is 0 Å². The van der Waals surface area contributed by atoms with Crippen LogP contribution in [0.3, 0.4) is 0 Å². The van der Waals surface area contributed by atoms with E-state index >= 15 is 0 Å². The molecule has 0 spiro atoms. The molecule has 0 heteroatoms. The molecule has 5 aromatic carbocycles. The molecule has 0 aliphatic rings. The van der Waals surface area contributed by atoms with E-state index in [0.29, 0.717) is 5.92 Å². The second-order valence-electron chi connectivity index (χ2n) is 12.3. The second-order valence-corrected chi connectivity index (χ2v) is 12.3. The molecule has 0 radical (unpaired) electrons. The summed E-state index contributed by atoms with van der Waals surface area (Å²) in [5.74, 6) is 0.667. The quantitative estimate of drug-likeness (QED) is 0.176. The van der Waals surface area contributed by atoms with Gasteiger partial charge in [0.25, 0.3) is 0 Å². The minimum atomic E-state index is 0.667. The third kappa shape index (κ3) is 7.74. The van der Waals surface area contributed by atoms with Crippen LogP contribution in [0.5, 0.6) is 0 Å². The van der Waals surface area contributed by atoms with Crippen LogP contribution in [-0.2, 0) is 0 Å². The lowest BCUT2D eigenvalue weighted by molar-refractivity contribution is 0.831. The number of rotatable bonds is 6. The molecular weight excluding hydrogens is 528 g/mol. The summed E-state index contributed by atoms with van der Waals surface area (Å²) in [6.07, 6.45) is 6.47. The van der Waals surface area contributed by atoms with Crippen LogP contribution in [0.25, 0.3) is 44.5 Å². The van der Waals surface area contributed by atoms with E-state index in [9.17, 15) is 0 Å². The SMILES string of the molecule is C/C=C(C)\C=C/C(C)C.Cc1ccccc1-c1cc(-c2ccc(C)c(-c3cccc(-c4ccccc4C)c3C)c2)ccc1C. The minimum Gasteiger partial charge on any atom is -0.0847 e. The maximum atomic E-state index is 2.37. The Balaban J connectivity index is 0.000000429. The zero-order valence-electron chi connectivity index (χ0n) is 28.1. The summed E-state index contributed by atoms with van der Waals surface area (Å²) in [4.78, 5) is 0. The molecule has 0 saturated carbocycles. The van der Waals surface area contributed by atoms with Gasteiger partial charge in [0.15, 0.2) is 0 Å². The molecule has 0 atom stereocenters. The van der Waals surface area contributed by atoms with E-state index in [4.69, 9.17) is 0 Å². The molecule has 0 unspecified atom stereocenters. The Morgan fingerprint density at radius 1 is 0.500 bits per heavy atom. The van der Waals surface area contributed by atoms with Gasteiger partial charge in [-0.1, -0.05) is 129 Å². The van der Waals surface area contributed by atoms with Crippen LogP contribution in [0.4, 0.5) is 0 Å². The molecule has 0 N–H and O–H groups in total. The molecule has 0 aliphatic carbocycles. The number of aryl methyl sites for hydroxylation is 4. The first-order valence-electron chi connectivity index (χ1n) is 15.9. The van der Waals surface area contributed by atoms with Crippen molar-refractivity contribution in [3.63, 3.8) is 0 Å². The fourth-order valence-electron chi connectivity index (χ4n) is 5.59. The Morgan fingerprint density at radius 3 is 1.39 bits per heavy atom. The van der Waals surface area contributed by atoms with Gasteiger partial charge in [-0.2, -0.15) is 0 Å². The monoisotopic (exact) mass is 576 g/mol. The predicted molar refractivity (Wildman–Crippen MR) is 195 cm³/mol. The van der Waals surface area contributed by atoms with Gasteiger partial charge < -0.3 is 0 Å². The van der Waals surface area contributed by atoms with Crippen LogP contribution >= 0.6 is 0 Å². The van der Waals surface area contributed by atoms with Gasteiger partial charge in [0.2, 0.25) is 0 Å². The zero-order chi connectivity index (χ0) is 31.8. The van der Waals surface area contributed by atoms with Crippen LogP contribution in [0.15, 0.2) is 127 Å². The van der Waals surface area contributed by atoms with E-state index in [-0.39, 0.29) is 0 Å². The molecule has 0 saturated heterocycles. The van der Waals surface area contributed by atoms with E-state index in [1.165, 1.54) is 77.9 Å². The standard InChI is InChI=1S/C35H32.C9H16/c1-23-11-6-8-13-30(23)32-15-10-16-33(27(32)5)35-22-29(20-18-26(35)4)28-19-17-25(3)34(21-28)31-14-9-7-12-24(31)2;1-5-9(4)7-6-8(2)3/h6-22H,1-5H3;5-8H,1-4H3/b;7-6-,9-5-. The van der Waals surface area contributed by atoms with E-state index in [1.54, 1.807) is 0 Å². The largest absolute Gasteiger partial charge is 0.0847 e. The predicted octanol–water partition coefficient (Wildman–Crippen LogP) is 13.1. The Hall–Kier alpha value is -4.42. The van der Waals surface area contributed by atoms with Gasteiger partial charge >= 0.3 is 0 Å². The van der Waals surface area contributed by atoms with Crippen molar-refractivity contribution in [2.24, 2.45) is 5.92 Å². The third-order valence-electron chi connectivity index (χ3n) is 8.50. The molecule has 5 rings (SSSR count). The van der Waals surface area contributed by atoms with Crippen LogP contribution in [-0.4, -0.2) is 0 Å². The lowest BCUT2D eigenvalue weighted by atomic mass is 9.87. The van der Waals surface area contributed by atoms with Gasteiger partial charge in [0, 0.05) is 0 Å². The number of hydrogen-bond acceptors (Lipinski definition) is 0. The Labute approximate surface area is 266 Å². The molecule has 5 aromatic rings.